The summed E-state index contributed by atoms with van der Waals surface area (Å²) >= 11 is 0. The average Bonchev–Trinajstić information content (AvgIpc) is 2.94. The minimum absolute atomic E-state index is 0.0104. The van der Waals surface area contributed by atoms with Gasteiger partial charge in [0.05, 0.1) is 0 Å². The van der Waals surface area contributed by atoms with Gasteiger partial charge >= 0.3 is 17.9 Å². The quantitative estimate of drug-likeness (QED) is 0.0408. The van der Waals surface area contributed by atoms with E-state index in [0.29, 0.717) is 18.4 Å². The lowest BCUT2D eigenvalue weighted by atomic mass is 10.1. The molecule has 1 atom stereocenters. The summed E-state index contributed by atoms with van der Waals surface area (Å²) in [6, 6.07) is 0. The van der Waals surface area contributed by atoms with Gasteiger partial charge in [0.1, 0.15) is 19.3 Å². The fraction of sp³-hybridized carbons (Fsp3) is 0.595. The SMILES string of the molecule is CCCCC/C=C/C/C=C/CCCCCCCC(=O)OC/C=C(/COC(C)=O)C(C/C=C(\C)C#CC=C(C)C)OC(C)=O. The van der Waals surface area contributed by atoms with E-state index in [1.54, 1.807) is 6.08 Å². The summed E-state index contributed by atoms with van der Waals surface area (Å²) in [5.41, 5.74) is 2.48. The van der Waals surface area contributed by atoms with Crippen molar-refractivity contribution in [1.82, 2.24) is 0 Å². The van der Waals surface area contributed by atoms with Crippen molar-refractivity contribution < 1.29 is 28.6 Å². The second-order valence-corrected chi connectivity index (χ2v) is 10.9. The highest BCUT2D eigenvalue weighted by Crippen LogP contribution is 2.16. The van der Waals surface area contributed by atoms with Crippen LogP contribution in [0, 0.1) is 11.8 Å². The van der Waals surface area contributed by atoms with Crippen molar-refractivity contribution in [1.29, 1.82) is 0 Å². The molecule has 0 N–H and O–H groups in total. The molecular formula is C37H56O6. The van der Waals surface area contributed by atoms with Gasteiger partial charge in [0, 0.05) is 32.3 Å². The van der Waals surface area contributed by atoms with Crippen LogP contribution >= 0.6 is 0 Å². The van der Waals surface area contributed by atoms with Crippen molar-refractivity contribution in [3.8, 4) is 11.8 Å². The summed E-state index contributed by atoms with van der Waals surface area (Å²) in [5, 5.41) is 0. The molecule has 0 fully saturated rings. The molecule has 0 aliphatic heterocycles. The zero-order valence-electron chi connectivity index (χ0n) is 27.7. The second-order valence-electron chi connectivity index (χ2n) is 10.9. The van der Waals surface area contributed by atoms with Crippen LogP contribution in [0.2, 0.25) is 0 Å². The fourth-order valence-corrected chi connectivity index (χ4v) is 3.97. The number of unbranched alkanes of at least 4 members (excludes halogenated alkanes) is 8. The van der Waals surface area contributed by atoms with Gasteiger partial charge in [-0.1, -0.05) is 86.8 Å². The molecule has 0 aliphatic rings. The first-order valence-electron chi connectivity index (χ1n) is 15.9. The highest BCUT2D eigenvalue weighted by molar-refractivity contribution is 5.69. The Hall–Kier alpha value is -3.33. The monoisotopic (exact) mass is 596 g/mol. The Balaban J connectivity index is 4.60. The summed E-state index contributed by atoms with van der Waals surface area (Å²) in [5.74, 6) is 4.83. The normalized spacial score (nSPS) is 12.5. The van der Waals surface area contributed by atoms with Crippen LogP contribution < -0.4 is 0 Å². The van der Waals surface area contributed by atoms with Gasteiger partial charge in [-0.05, 0) is 77.0 Å². The maximum Gasteiger partial charge on any atom is 0.306 e. The topological polar surface area (TPSA) is 78.9 Å². The smallest absolute Gasteiger partial charge is 0.306 e. The molecule has 0 aromatic heterocycles. The number of hydrogen-bond donors (Lipinski definition) is 0. The van der Waals surface area contributed by atoms with Crippen LogP contribution in [0.5, 0.6) is 0 Å². The zero-order valence-corrected chi connectivity index (χ0v) is 27.7. The summed E-state index contributed by atoms with van der Waals surface area (Å²) in [6.07, 6.45) is 26.8. The third kappa shape index (κ3) is 27.3. The molecule has 0 aromatic carbocycles. The van der Waals surface area contributed by atoms with E-state index in [1.807, 2.05) is 32.9 Å². The zero-order chi connectivity index (χ0) is 32.1. The van der Waals surface area contributed by atoms with Crippen LogP contribution in [-0.2, 0) is 28.6 Å². The molecule has 0 rings (SSSR count). The molecule has 43 heavy (non-hydrogen) atoms. The molecule has 240 valence electrons. The Morgan fingerprint density at radius 2 is 1.40 bits per heavy atom. The third-order valence-corrected chi connectivity index (χ3v) is 6.35. The number of esters is 3. The summed E-state index contributed by atoms with van der Waals surface area (Å²) in [4.78, 5) is 35.5. The molecule has 0 saturated carbocycles. The fourth-order valence-electron chi connectivity index (χ4n) is 3.97. The van der Waals surface area contributed by atoms with E-state index in [2.05, 4.69) is 43.1 Å². The lowest BCUT2D eigenvalue weighted by Gasteiger charge is -2.19. The van der Waals surface area contributed by atoms with E-state index in [1.165, 1.54) is 39.5 Å². The predicted octanol–water partition coefficient (Wildman–Crippen LogP) is 9.07. The first kappa shape index (κ1) is 39.7. The molecule has 0 aromatic rings. The lowest BCUT2D eigenvalue weighted by molar-refractivity contribution is -0.146. The van der Waals surface area contributed by atoms with Gasteiger partial charge in [0.15, 0.2) is 0 Å². The van der Waals surface area contributed by atoms with Gasteiger partial charge in [-0.25, -0.2) is 0 Å². The standard InChI is InChI=1S/C37H56O6/c1-7-8-9-10-11-12-13-14-15-16-17-18-19-20-21-25-37(40)41-29-28-35(30-42-33(5)38)36(43-34(6)39)27-26-32(4)24-22-23-31(2)3/h11-12,14-15,23,26,28,36H,7-10,13,16-21,25,27,29-30H2,1-6H3/b12-11+,15-14+,32-26+,35-28-. The van der Waals surface area contributed by atoms with Crippen LogP contribution in [0.4, 0.5) is 0 Å². The van der Waals surface area contributed by atoms with Gasteiger partial charge in [-0.15, -0.1) is 0 Å². The van der Waals surface area contributed by atoms with Crippen molar-refractivity contribution in [3.63, 3.8) is 0 Å². The van der Waals surface area contributed by atoms with Crippen molar-refractivity contribution in [2.24, 2.45) is 0 Å². The van der Waals surface area contributed by atoms with Crippen LogP contribution in [-0.4, -0.2) is 37.2 Å². The Labute approximate surface area is 261 Å². The molecule has 0 bridgehead atoms. The maximum absolute atomic E-state index is 12.3. The van der Waals surface area contributed by atoms with Crippen LogP contribution in [0.1, 0.15) is 125 Å². The van der Waals surface area contributed by atoms with Crippen molar-refractivity contribution >= 4 is 17.9 Å². The lowest BCUT2D eigenvalue weighted by Crippen LogP contribution is -2.23. The molecule has 1 unspecified atom stereocenters. The number of hydrogen-bond acceptors (Lipinski definition) is 6. The molecule has 0 heterocycles. The Morgan fingerprint density at radius 3 is 2.02 bits per heavy atom. The molecule has 0 amide bonds. The summed E-state index contributed by atoms with van der Waals surface area (Å²) in [7, 11) is 0. The number of ether oxygens (including phenoxy) is 3. The van der Waals surface area contributed by atoms with Crippen LogP contribution in [0.3, 0.4) is 0 Å². The maximum atomic E-state index is 12.3. The van der Waals surface area contributed by atoms with E-state index in [9.17, 15) is 14.4 Å². The van der Waals surface area contributed by atoms with E-state index < -0.39 is 18.0 Å². The van der Waals surface area contributed by atoms with Crippen LogP contribution in [0.15, 0.2) is 59.3 Å². The van der Waals surface area contributed by atoms with Gasteiger partial charge in [0.25, 0.3) is 0 Å². The number of allylic oxidation sites excluding steroid dienone is 7. The second kappa shape index (κ2) is 27.5. The summed E-state index contributed by atoms with van der Waals surface area (Å²) in [6.45, 7) is 10.6. The molecule has 0 radical (unpaired) electrons. The Morgan fingerprint density at radius 1 is 0.744 bits per heavy atom. The van der Waals surface area contributed by atoms with Gasteiger partial charge in [0.2, 0.25) is 0 Å². The van der Waals surface area contributed by atoms with Crippen molar-refractivity contribution in [3.05, 3.63) is 59.3 Å². The minimum Gasteiger partial charge on any atom is -0.461 e. The van der Waals surface area contributed by atoms with E-state index in [4.69, 9.17) is 14.2 Å². The number of carbonyl (C=O) groups is 3. The third-order valence-electron chi connectivity index (χ3n) is 6.35. The van der Waals surface area contributed by atoms with Crippen LogP contribution in [0.25, 0.3) is 0 Å². The van der Waals surface area contributed by atoms with Gasteiger partial charge in [-0.3, -0.25) is 14.4 Å². The molecule has 6 nitrogen and oxygen atoms in total. The first-order valence-corrected chi connectivity index (χ1v) is 15.9. The van der Waals surface area contributed by atoms with E-state index in [0.717, 1.165) is 56.1 Å². The van der Waals surface area contributed by atoms with Crippen molar-refractivity contribution in [2.45, 2.75) is 131 Å². The summed E-state index contributed by atoms with van der Waals surface area (Å²) < 4.78 is 16.1. The highest BCUT2D eigenvalue weighted by atomic mass is 16.6. The average molecular weight is 597 g/mol. The largest absolute Gasteiger partial charge is 0.461 e. The number of carbonyl (C=O) groups excluding carboxylic acids is 3. The minimum atomic E-state index is -0.669. The van der Waals surface area contributed by atoms with E-state index >= 15 is 0 Å². The molecular weight excluding hydrogens is 540 g/mol. The molecule has 0 saturated heterocycles. The molecule has 6 heteroatoms. The molecule has 0 spiro atoms. The van der Waals surface area contributed by atoms with Gasteiger partial charge < -0.3 is 14.2 Å². The van der Waals surface area contributed by atoms with Crippen molar-refractivity contribution in [2.75, 3.05) is 13.2 Å². The Bertz CT molecular complexity index is 1010. The van der Waals surface area contributed by atoms with E-state index in [-0.39, 0.29) is 19.2 Å². The number of rotatable bonds is 22. The molecule has 0 aliphatic carbocycles. The predicted molar refractivity (Wildman–Crippen MR) is 176 cm³/mol. The Kier molecular flexibility index (Phi) is 25.4. The first-order chi connectivity index (χ1) is 20.6. The van der Waals surface area contributed by atoms with Gasteiger partial charge in [-0.2, -0.15) is 0 Å². The highest BCUT2D eigenvalue weighted by Gasteiger charge is 2.18.